The molecule has 0 aliphatic heterocycles. The number of carbonyl (C=O) groups excluding carboxylic acids is 1. The first-order valence-electron chi connectivity index (χ1n) is 7.98. The molecule has 118 valence electrons. The molecule has 0 unspecified atom stereocenters. The van der Waals surface area contributed by atoms with Gasteiger partial charge in [-0.3, -0.25) is 9.79 Å². The van der Waals surface area contributed by atoms with Gasteiger partial charge in [0.25, 0.3) is 5.91 Å². The highest BCUT2D eigenvalue weighted by molar-refractivity contribution is 6.03. The van der Waals surface area contributed by atoms with Gasteiger partial charge in [0.2, 0.25) is 0 Å². The number of benzene rings is 1. The lowest BCUT2D eigenvalue weighted by molar-refractivity contribution is 0.0963. The van der Waals surface area contributed by atoms with E-state index in [1.807, 2.05) is 39.1 Å². The summed E-state index contributed by atoms with van der Waals surface area (Å²) in [6.07, 6.45) is 4.18. The first-order chi connectivity index (χ1) is 10.2. The van der Waals surface area contributed by atoms with Crippen molar-refractivity contribution in [1.82, 2.24) is 5.32 Å². The van der Waals surface area contributed by atoms with E-state index in [9.17, 15) is 4.79 Å². The van der Waals surface area contributed by atoms with Crippen LogP contribution in [0.5, 0.6) is 0 Å². The van der Waals surface area contributed by atoms with E-state index in [-0.39, 0.29) is 5.91 Å². The molecule has 0 saturated heterocycles. The molecule has 0 fully saturated rings. The van der Waals surface area contributed by atoms with Gasteiger partial charge in [0.1, 0.15) is 0 Å². The Bertz CT molecular complexity index is 464. The lowest BCUT2D eigenvalue weighted by Gasteiger charge is -2.12. The quantitative estimate of drug-likeness (QED) is 0.782. The number of amides is 1. The van der Waals surface area contributed by atoms with E-state index in [0.717, 1.165) is 37.0 Å². The Labute approximate surface area is 129 Å². The second kappa shape index (κ2) is 11.1. The summed E-state index contributed by atoms with van der Waals surface area (Å²) in [5.74, 6) is -0.0317. The highest BCUT2D eigenvalue weighted by Crippen LogP contribution is 2.17. The number of nitrogens with one attached hydrogen (secondary N) is 1. The highest BCUT2D eigenvalue weighted by atomic mass is 16.1. The Kier molecular flexibility index (Phi) is 10.2. The minimum Gasteiger partial charge on any atom is -0.355 e. The van der Waals surface area contributed by atoms with Crippen LogP contribution in [-0.2, 0) is 6.42 Å². The molecule has 0 bridgehead atoms. The minimum atomic E-state index is -0.0317. The van der Waals surface area contributed by atoms with Crippen LogP contribution in [0.25, 0.3) is 0 Å². The maximum atomic E-state index is 11.7. The van der Waals surface area contributed by atoms with Crippen LogP contribution in [0.2, 0.25) is 0 Å². The molecule has 3 nitrogen and oxygen atoms in total. The number of hydrogen-bond acceptors (Lipinski definition) is 2. The number of carbonyl (C=O) groups is 1. The van der Waals surface area contributed by atoms with Gasteiger partial charge >= 0.3 is 0 Å². The Morgan fingerprint density at radius 3 is 2.38 bits per heavy atom. The maximum Gasteiger partial charge on any atom is 0.251 e. The van der Waals surface area contributed by atoms with Gasteiger partial charge in [-0.2, -0.15) is 0 Å². The molecule has 0 aliphatic carbocycles. The van der Waals surface area contributed by atoms with Crippen LogP contribution in [0.4, 0.5) is 0 Å². The van der Waals surface area contributed by atoms with Gasteiger partial charge in [-0.25, -0.2) is 0 Å². The zero-order valence-corrected chi connectivity index (χ0v) is 14.4. The molecule has 3 heteroatoms. The van der Waals surface area contributed by atoms with Gasteiger partial charge < -0.3 is 5.32 Å². The van der Waals surface area contributed by atoms with E-state index in [0.29, 0.717) is 0 Å². The zero-order valence-electron chi connectivity index (χ0n) is 14.4. The van der Waals surface area contributed by atoms with Crippen molar-refractivity contribution >= 4 is 11.6 Å². The summed E-state index contributed by atoms with van der Waals surface area (Å²) in [6.45, 7) is 8.29. The van der Waals surface area contributed by atoms with E-state index < -0.39 is 0 Å². The summed E-state index contributed by atoms with van der Waals surface area (Å²) < 4.78 is 0. The summed E-state index contributed by atoms with van der Waals surface area (Å²) in [7, 11) is 3.49. The van der Waals surface area contributed by atoms with Crippen molar-refractivity contribution in [2.75, 3.05) is 14.1 Å². The predicted molar refractivity (Wildman–Crippen MR) is 92.5 cm³/mol. The Morgan fingerprint density at radius 2 is 1.90 bits per heavy atom. The molecule has 0 aromatic heterocycles. The molecule has 0 heterocycles. The van der Waals surface area contributed by atoms with E-state index in [2.05, 4.69) is 24.2 Å². The van der Waals surface area contributed by atoms with Gasteiger partial charge in [-0.15, -0.1) is 0 Å². The van der Waals surface area contributed by atoms with Crippen molar-refractivity contribution in [3.05, 3.63) is 34.9 Å². The standard InChI is InChI=1S/C16H24N2O.C2H6/c1-5-7-8-12-11-13(16(19)18-4)9-10-14(12)15(6-2)17-3;1-2/h9-11H,5-8H2,1-4H3,(H,18,19);1-2H3. The van der Waals surface area contributed by atoms with Crippen LogP contribution in [0, 0.1) is 0 Å². The summed E-state index contributed by atoms with van der Waals surface area (Å²) in [4.78, 5) is 16.1. The first kappa shape index (κ1) is 19.4. The molecule has 1 N–H and O–H groups in total. The van der Waals surface area contributed by atoms with E-state index in [4.69, 9.17) is 0 Å². The Balaban J connectivity index is 0.00000191. The fourth-order valence-corrected chi connectivity index (χ4v) is 2.20. The molecular formula is C18H30N2O. The van der Waals surface area contributed by atoms with Crippen molar-refractivity contribution in [2.45, 2.75) is 53.4 Å². The molecule has 1 aromatic rings. The fourth-order valence-electron chi connectivity index (χ4n) is 2.20. The van der Waals surface area contributed by atoms with Crippen molar-refractivity contribution in [1.29, 1.82) is 0 Å². The van der Waals surface area contributed by atoms with Crippen LogP contribution in [-0.4, -0.2) is 25.7 Å². The number of nitrogens with zero attached hydrogens (tertiary/aromatic N) is 1. The van der Waals surface area contributed by atoms with Crippen LogP contribution in [0.3, 0.4) is 0 Å². The average Bonchev–Trinajstić information content (AvgIpc) is 2.55. The number of aryl methyl sites for hydroxylation is 1. The first-order valence-corrected chi connectivity index (χ1v) is 7.98. The van der Waals surface area contributed by atoms with E-state index >= 15 is 0 Å². The van der Waals surface area contributed by atoms with Crippen LogP contribution >= 0.6 is 0 Å². The van der Waals surface area contributed by atoms with Gasteiger partial charge in [0, 0.05) is 25.4 Å². The average molecular weight is 290 g/mol. The lowest BCUT2D eigenvalue weighted by atomic mass is 9.95. The maximum absolute atomic E-state index is 11.7. The second-order valence-electron chi connectivity index (χ2n) is 4.58. The monoisotopic (exact) mass is 290 g/mol. The topological polar surface area (TPSA) is 41.5 Å². The molecule has 1 amide bonds. The van der Waals surface area contributed by atoms with Gasteiger partial charge in [0.15, 0.2) is 0 Å². The summed E-state index contributed by atoms with van der Waals surface area (Å²) >= 11 is 0. The van der Waals surface area contributed by atoms with Gasteiger partial charge in [-0.1, -0.05) is 40.2 Å². The third-order valence-electron chi connectivity index (χ3n) is 3.31. The molecule has 1 rings (SSSR count). The largest absolute Gasteiger partial charge is 0.355 e. The molecule has 0 spiro atoms. The molecular weight excluding hydrogens is 260 g/mol. The second-order valence-corrected chi connectivity index (χ2v) is 4.58. The van der Waals surface area contributed by atoms with Crippen molar-refractivity contribution in [3.8, 4) is 0 Å². The molecule has 0 saturated carbocycles. The van der Waals surface area contributed by atoms with Crippen LogP contribution in [0.1, 0.15) is 68.4 Å². The third kappa shape index (κ3) is 5.70. The number of unbranched alkanes of at least 4 members (excludes halogenated alkanes) is 1. The lowest BCUT2D eigenvalue weighted by Crippen LogP contribution is -2.18. The molecule has 0 radical (unpaired) electrons. The van der Waals surface area contributed by atoms with Crippen LogP contribution < -0.4 is 5.32 Å². The minimum absolute atomic E-state index is 0.0317. The molecule has 1 aromatic carbocycles. The number of aliphatic imine (C=N–C) groups is 1. The van der Waals surface area contributed by atoms with Gasteiger partial charge in [-0.05, 0) is 42.5 Å². The van der Waals surface area contributed by atoms with Crippen molar-refractivity contribution in [2.24, 2.45) is 4.99 Å². The Hall–Kier alpha value is -1.64. The Morgan fingerprint density at radius 1 is 1.24 bits per heavy atom. The zero-order chi connectivity index (χ0) is 16.3. The summed E-state index contributed by atoms with van der Waals surface area (Å²) in [5.41, 5.74) is 4.25. The van der Waals surface area contributed by atoms with E-state index in [1.54, 1.807) is 7.05 Å². The molecule has 0 atom stereocenters. The third-order valence-corrected chi connectivity index (χ3v) is 3.31. The predicted octanol–water partition coefficient (Wildman–Crippen LogP) is 4.24. The van der Waals surface area contributed by atoms with Crippen molar-refractivity contribution < 1.29 is 4.79 Å². The smallest absolute Gasteiger partial charge is 0.251 e. The summed E-state index contributed by atoms with van der Waals surface area (Å²) in [6, 6.07) is 5.91. The molecule has 0 aliphatic rings. The fraction of sp³-hybridized carbons (Fsp3) is 0.556. The van der Waals surface area contributed by atoms with Crippen LogP contribution in [0.15, 0.2) is 23.2 Å². The van der Waals surface area contributed by atoms with Gasteiger partial charge in [0.05, 0.1) is 0 Å². The number of hydrogen-bond donors (Lipinski definition) is 1. The highest BCUT2D eigenvalue weighted by Gasteiger charge is 2.11. The SMILES string of the molecule is CC.CCCCc1cc(C(=O)NC)ccc1C(CC)=NC. The summed E-state index contributed by atoms with van der Waals surface area (Å²) in [5, 5.41) is 2.67. The normalized spacial score (nSPS) is 10.7. The molecule has 21 heavy (non-hydrogen) atoms. The van der Waals surface area contributed by atoms with Crippen molar-refractivity contribution in [3.63, 3.8) is 0 Å². The number of rotatable bonds is 6. The van der Waals surface area contributed by atoms with E-state index in [1.165, 1.54) is 11.1 Å².